The topological polar surface area (TPSA) is 83.4 Å². The highest BCUT2D eigenvalue weighted by atomic mass is 16.5. The zero-order valence-electron chi connectivity index (χ0n) is 19.4. The van der Waals surface area contributed by atoms with Gasteiger partial charge in [0.25, 0.3) is 5.56 Å². The van der Waals surface area contributed by atoms with Crippen LogP contribution in [-0.2, 0) is 6.54 Å². The van der Waals surface area contributed by atoms with E-state index in [0.717, 1.165) is 62.0 Å². The molecule has 5 rings (SSSR count). The predicted molar refractivity (Wildman–Crippen MR) is 127 cm³/mol. The summed E-state index contributed by atoms with van der Waals surface area (Å²) in [5, 5.41) is 3.81. The molecule has 1 N–H and O–H groups in total. The van der Waals surface area contributed by atoms with Crippen LogP contribution in [0.4, 0.5) is 0 Å². The molecule has 4 heterocycles. The lowest BCUT2D eigenvalue weighted by molar-refractivity contribution is -0.567. The molecular weight excluding hydrogens is 418 g/mol. The summed E-state index contributed by atoms with van der Waals surface area (Å²) in [5.41, 5.74) is 2.21. The number of benzene rings is 1. The van der Waals surface area contributed by atoms with E-state index in [0.29, 0.717) is 23.2 Å². The summed E-state index contributed by atoms with van der Waals surface area (Å²) in [7, 11) is 3.80. The molecule has 0 amide bonds. The van der Waals surface area contributed by atoms with Gasteiger partial charge in [-0.25, -0.2) is 5.10 Å². The Balaban J connectivity index is 1.55. The lowest BCUT2D eigenvalue weighted by Gasteiger charge is -2.32. The van der Waals surface area contributed by atoms with Gasteiger partial charge in [0.05, 0.1) is 7.11 Å². The van der Waals surface area contributed by atoms with Crippen molar-refractivity contribution in [1.29, 1.82) is 0 Å². The fourth-order valence-corrected chi connectivity index (χ4v) is 4.52. The molecule has 1 aromatic carbocycles. The van der Waals surface area contributed by atoms with Gasteiger partial charge >= 0.3 is 5.78 Å². The number of likely N-dealkylation sites (N-methyl/N-ethyl adjacent to an activating group) is 1. The van der Waals surface area contributed by atoms with Gasteiger partial charge in [0.15, 0.2) is 11.2 Å². The number of ether oxygens (including phenoxy) is 1. The fourth-order valence-electron chi connectivity index (χ4n) is 4.52. The normalized spacial score (nSPS) is 15.5. The van der Waals surface area contributed by atoms with Crippen LogP contribution in [-0.4, -0.2) is 76.3 Å². The molecule has 0 saturated carbocycles. The summed E-state index contributed by atoms with van der Waals surface area (Å²) < 4.78 is 9.03. The first kappa shape index (κ1) is 21.5. The molecule has 1 aliphatic rings. The summed E-state index contributed by atoms with van der Waals surface area (Å²) in [6, 6.07) is 9.64. The molecule has 0 unspecified atom stereocenters. The quantitative estimate of drug-likeness (QED) is 0.450. The van der Waals surface area contributed by atoms with Crippen LogP contribution >= 0.6 is 0 Å². The second-order valence-corrected chi connectivity index (χ2v) is 8.71. The molecule has 1 saturated heterocycles. The molecule has 3 aromatic heterocycles. The smallest absolute Gasteiger partial charge is 0.458 e. The highest BCUT2D eigenvalue weighted by Gasteiger charge is 2.24. The highest BCUT2D eigenvalue weighted by Crippen LogP contribution is 2.25. The van der Waals surface area contributed by atoms with Crippen molar-refractivity contribution in [2.45, 2.75) is 19.9 Å². The maximum Gasteiger partial charge on any atom is 0.458 e. The molecule has 33 heavy (non-hydrogen) atoms. The second kappa shape index (κ2) is 8.92. The zero-order chi connectivity index (χ0) is 22.9. The molecule has 0 atom stereocenters. The number of methoxy groups -OCH3 is 1. The van der Waals surface area contributed by atoms with E-state index in [4.69, 9.17) is 4.74 Å². The number of piperazine rings is 1. The van der Waals surface area contributed by atoms with E-state index in [1.54, 1.807) is 16.2 Å². The molecule has 4 aromatic rings. The summed E-state index contributed by atoms with van der Waals surface area (Å²) in [5.74, 6) is 1.99. The van der Waals surface area contributed by atoms with Crippen molar-refractivity contribution in [1.82, 2.24) is 29.4 Å². The van der Waals surface area contributed by atoms with Crippen molar-refractivity contribution in [3.8, 4) is 17.0 Å². The molecule has 172 valence electrons. The first-order chi connectivity index (χ1) is 16.0. The Morgan fingerprint density at radius 2 is 1.94 bits per heavy atom. The van der Waals surface area contributed by atoms with Crippen LogP contribution in [0.2, 0.25) is 0 Å². The number of pyridine rings is 1. The van der Waals surface area contributed by atoms with E-state index in [2.05, 4.69) is 31.9 Å². The fraction of sp³-hybridized carbons (Fsp3) is 0.417. The van der Waals surface area contributed by atoms with Gasteiger partial charge in [-0.3, -0.25) is 4.79 Å². The number of rotatable bonds is 6. The highest BCUT2D eigenvalue weighted by molar-refractivity contribution is 5.90. The predicted octanol–water partition coefficient (Wildman–Crippen LogP) is 1.48. The van der Waals surface area contributed by atoms with Crippen LogP contribution in [0.25, 0.3) is 27.9 Å². The molecule has 1 aliphatic heterocycles. The molecule has 1 fully saturated rings. The van der Waals surface area contributed by atoms with E-state index in [9.17, 15) is 4.79 Å². The molecule has 9 heteroatoms. The zero-order valence-corrected chi connectivity index (χ0v) is 19.4. The third kappa shape index (κ3) is 4.21. The monoisotopic (exact) mass is 448 g/mol. The van der Waals surface area contributed by atoms with E-state index in [1.807, 2.05) is 43.5 Å². The summed E-state index contributed by atoms with van der Waals surface area (Å²) in [4.78, 5) is 27.7. The van der Waals surface area contributed by atoms with Crippen LogP contribution in [0.15, 0.2) is 41.3 Å². The van der Waals surface area contributed by atoms with Gasteiger partial charge in [-0.05, 0) is 38.2 Å². The molecule has 9 nitrogen and oxygen atoms in total. The summed E-state index contributed by atoms with van der Waals surface area (Å²) in [6.07, 6.45) is 2.78. The van der Waals surface area contributed by atoms with Gasteiger partial charge in [-0.15, -0.1) is 4.52 Å². The van der Waals surface area contributed by atoms with Gasteiger partial charge < -0.3 is 19.1 Å². The minimum Gasteiger partial charge on any atom is -0.497 e. The average Bonchev–Trinajstić information content (AvgIpc) is 3.20. The first-order valence-corrected chi connectivity index (χ1v) is 11.4. The van der Waals surface area contributed by atoms with Crippen molar-refractivity contribution in [3.63, 3.8) is 0 Å². The Labute approximate surface area is 192 Å². The van der Waals surface area contributed by atoms with Gasteiger partial charge in [-0.2, -0.15) is 0 Å². The van der Waals surface area contributed by atoms with Crippen molar-refractivity contribution in [2.75, 3.05) is 46.9 Å². The van der Waals surface area contributed by atoms with Gasteiger partial charge in [0.1, 0.15) is 11.1 Å². The lowest BCUT2D eigenvalue weighted by atomic mass is 10.1. The van der Waals surface area contributed by atoms with Crippen molar-refractivity contribution < 1.29 is 9.25 Å². The lowest BCUT2D eigenvalue weighted by Crippen LogP contribution is -2.44. The number of aromatic nitrogens is 5. The number of nitrogens with one attached hydrogen (secondary N) is 1. The van der Waals surface area contributed by atoms with Gasteiger partial charge in [0.2, 0.25) is 5.82 Å². The molecular formula is C24H30N7O2+. The number of aromatic amines is 1. The number of aryl methyl sites for hydroxylation is 2. The van der Waals surface area contributed by atoms with Crippen molar-refractivity contribution in [2.24, 2.45) is 0 Å². The summed E-state index contributed by atoms with van der Waals surface area (Å²) in [6.45, 7) is 7.91. The SMILES string of the molecule is COc1cccc(-c2c3c(=O)n(CCCN4CCN(C)CC4)ccc3nc3nc(C)[nH][n+]23)c1. The maximum atomic E-state index is 13.7. The second-order valence-electron chi connectivity index (χ2n) is 8.71. The number of nitrogens with zero attached hydrogens (tertiary/aromatic N) is 6. The Morgan fingerprint density at radius 1 is 1.12 bits per heavy atom. The standard InChI is InChI=1S/C24H29N7O2/c1-17-25-24-26-20-8-11-30(10-5-9-29-14-12-28(2)13-15-29)23(32)21(20)22(31(24)27-17)18-6-4-7-19(16-18)33-3/h4,6-8,11,16H,5,9-10,12-15H2,1-3H3/p+1. The molecule has 0 spiro atoms. The Bertz CT molecular complexity index is 1350. The third-order valence-corrected chi connectivity index (χ3v) is 6.38. The largest absolute Gasteiger partial charge is 0.497 e. The Kier molecular flexibility index (Phi) is 5.82. The van der Waals surface area contributed by atoms with Crippen LogP contribution in [0, 0.1) is 6.92 Å². The Morgan fingerprint density at radius 3 is 2.73 bits per heavy atom. The Hall–Kier alpha value is -3.30. The van der Waals surface area contributed by atoms with Crippen LogP contribution in [0.5, 0.6) is 5.75 Å². The van der Waals surface area contributed by atoms with Crippen LogP contribution in [0.1, 0.15) is 12.2 Å². The maximum absolute atomic E-state index is 13.7. The van der Waals surface area contributed by atoms with Gasteiger partial charge in [-0.1, -0.05) is 22.1 Å². The van der Waals surface area contributed by atoms with E-state index < -0.39 is 0 Å². The molecule has 0 radical (unpaired) electrons. The minimum atomic E-state index is -0.0437. The van der Waals surface area contributed by atoms with Crippen molar-refractivity contribution >= 4 is 16.7 Å². The van der Waals surface area contributed by atoms with Crippen molar-refractivity contribution in [3.05, 3.63) is 52.7 Å². The number of hydrogen-bond acceptors (Lipinski definition) is 6. The molecule has 0 bridgehead atoms. The average molecular weight is 449 g/mol. The van der Waals surface area contributed by atoms with E-state index in [-0.39, 0.29) is 5.56 Å². The van der Waals surface area contributed by atoms with E-state index in [1.165, 1.54) is 0 Å². The van der Waals surface area contributed by atoms with Crippen LogP contribution in [0.3, 0.4) is 0 Å². The number of fused-ring (bicyclic) bond motifs is 2. The molecule has 0 aliphatic carbocycles. The van der Waals surface area contributed by atoms with Gasteiger partial charge in [0, 0.05) is 51.4 Å². The first-order valence-electron chi connectivity index (χ1n) is 11.4. The number of H-pyrrole nitrogens is 1. The third-order valence-electron chi connectivity index (χ3n) is 6.38. The minimum absolute atomic E-state index is 0.0437. The number of hydrogen-bond donors (Lipinski definition) is 1. The van der Waals surface area contributed by atoms with Crippen LogP contribution < -0.4 is 14.8 Å². The summed E-state index contributed by atoms with van der Waals surface area (Å²) >= 11 is 0. The van der Waals surface area contributed by atoms with E-state index >= 15 is 0 Å².